The van der Waals surface area contributed by atoms with Crippen LogP contribution in [0.3, 0.4) is 0 Å². The van der Waals surface area contributed by atoms with E-state index in [0.29, 0.717) is 13.1 Å². The zero-order valence-electron chi connectivity index (χ0n) is 11.5. The Morgan fingerprint density at radius 1 is 1.38 bits per heavy atom. The maximum absolute atomic E-state index is 11.9. The molecule has 0 aliphatic carbocycles. The van der Waals surface area contributed by atoms with Crippen LogP contribution in [0.5, 0.6) is 0 Å². The zero-order chi connectivity index (χ0) is 14.7. The Morgan fingerprint density at radius 3 is 2.90 bits per heavy atom. The normalized spacial score (nSPS) is 17.5. The summed E-state index contributed by atoms with van der Waals surface area (Å²) in [6.07, 6.45) is 3.88. The summed E-state index contributed by atoms with van der Waals surface area (Å²) >= 11 is 0. The highest BCUT2D eigenvalue weighted by molar-refractivity contribution is 5.89. The van der Waals surface area contributed by atoms with E-state index in [-0.39, 0.29) is 24.2 Å². The van der Waals surface area contributed by atoms with E-state index in [4.69, 9.17) is 0 Å². The predicted octanol–water partition coefficient (Wildman–Crippen LogP) is 0.625. The summed E-state index contributed by atoms with van der Waals surface area (Å²) < 4.78 is 1.77. The third kappa shape index (κ3) is 3.10. The molecule has 1 aromatic carbocycles. The summed E-state index contributed by atoms with van der Waals surface area (Å²) in [6, 6.07) is 9.77. The first-order valence-corrected chi connectivity index (χ1v) is 6.86. The predicted molar refractivity (Wildman–Crippen MR) is 76.5 cm³/mol. The highest BCUT2D eigenvalue weighted by Gasteiger charge is 2.27. The average Bonchev–Trinajstić information content (AvgIpc) is 3.15. The van der Waals surface area contributed by atoms with Crippen molar-refractivity contribution in [1.82, 2.24) is 20.4 Å². The molecule has 0 radical (unpaired) electrons. The number of para-hydroxylation sites is 1. The van der Waals surface area contributed by atoms with Crippen LogP contribution in [0, 0.1) is 5.92 Å². The smallest absolute Gasteiger partial charge is 0.225 e. The second-order valence-corrected chi connectivity index (χ2v) is 5.05. The number of hydrogen-bond donors (Lipinski definition) is 2. The summed E-state index contributed by atoms with van der Waals surface area (Å²) in [4.78, 5) is 23.0. The highest BCUT2D eigenvalue weighted by atomic mass is 16.2. The third-order valence-electron chi connectivity index (χ3n) is 3.47. The summed E-state index contributed by atoms with van der Waals surface area (Å²) in [5.41, 5.74) is 1.89. The average molecular weight is 284 g/mol. The number of nitrogens with zero attached hydrogens (tertiary/aromatic N) is 2. The molecule has 1 aliphatic heterocycles. The Labute approximate surface area is 122 Å². The summed E-state index contributed by atoms with van der Waals surface area (Å²) in [6.45, 7) is 0.838. The number of hydrogen-bond acceptors (Lipinski definition) is 3. The SMILES string of the molecule is O=C1CC(C(=O)NCc2cnn(-c3ccccc3)c2)CN1. The molecule has 1 fully saturated rings. The number of carbonyl (C=O) groups excluding carboxylic acids is 2. The standard InChI is InChI=1S/C15H16N4O2/c20-14-6-12(9-16-14)15(21)17-7-11-8-18-19(10-11)13-4-2-1-3-5-13/h1-5,8,10,12H,6-7,9H2,(H,16,20)(H,17,21). The monoisotopic (exact) mass is 284 g/mol. The van der Waals surface area contributed by atoms with Gasteiger partial charge in [0.15, 0.2) is 0 Å². The molecule has 1 atom stereocenters. The number of amides is 2. The molecular formula is C15H16N4O2. The molecule has 1 unspecified atom stereocenters. The second-order valence-electron chi connectivity index (χ2n) is 5.05. The quantitative estimate of drug-likeness (QED) is 0.864. The molecule has 0 bridgehead atoms. The minimum absolute atomic E-state index is 0.0629. The van der Waals surface area contributed by atoms with Gasteiger partial charge in [-0.05, 0) is 12.1 Å². The van der Waals surface area contributed by atoms with Crippen LogP contribution >= 0.6 is 0 Å². The van der Waals surface area contributed by atoms with Crippen molar-refractivity contribution in [3.63, 3.8) is 0 Å². The molecule has 2 amide bonds. The zero-order valence-corrected chi connectivity index (χ0v) is 11.5. The molecule has 1 aliphatic rings. The molecule has 2 aromatic rings. The van der Waals surface area contributed by atoms with Gasteiger partial charge in [0.2, 0.25) is 11.8 Å². The van der Waals surface area contributed by atoms with Crippen LogP contribution in [0.1, 0.15) is 12.0 Å². The van der Waals surface area contributed by atoms with Gasteiger partial charge in [0.1, 0.15) is 0 Å². The van der Waals surface area contributed by atoms with E-state index < -0.39 is 0 Å². The van der Waals surface area contributed by atoms with Crippen LogP contribution in [-0.4, -0.2) is 28.1 Å². The summed E-state index contributed by atoms with van der Waals surface area (Å²) in [5, 5.41) is 9.77. The van der Waals surface area contributed by atoms with Crippen LogP contribution in [0.25, 0.3) is 5.69 Å². The van der Waals surface area contributed by atoms with E-state index in [2.05, 4.69) is 15.7 Å². The lowest BCUT2D eigenvalue weighted by molar-refractivity contribution is -0.126. The number of benzene rings is 1. The van der Waals surface area contributed by atoms with Gasteiger partial charge < -0.3 is 10.6 Å². The fourth-order valence-electron chi connectivity index (χ4n) is 2.30. The van der Waals surface area contributed by atoms with Crippen molar-refractivity contribution < 1.29 is 9.59 Å². The van der Waals surface area contributed by atoms with Gasteiger partial charge in [0.25, 0.3) is 0 Å². The minimum Gasteiger partial charge on any atom is -0.355 e. The van der Waals surface area contributed by atoms with Gasteiger partial charge in [0.05, 0.1) is 17.8 Å². The maximum Gasteiger partial charge on any atom is 0.225 e. The molecular weight excluding hydrogens is 268 g/mol. The van der Waals surface area contributed by atoms with Crippen LogP contribution in [0.15, 0.2) is 42.7 Å². The van der Waals surface area contributed by atoms with Crippen LogP contribution in [-0.2, 0) is 16.1 Å². The molecule has 1 saturated heterocycles. The number of carbonyl (C=O) groups is 2. The lowest BCUT2D eigenvalue weighted by Gasteiger charge is -2.07. The van der Waals surface area contributed by atoms with Gasteiger partial charge in [-0.2, -0.15) is 5.10 Å². The van der Waals surface area contributed by atoms with Gasteiger partial charge in [0, 0.05) is 31.3 Å². The topological polar surface area (TPSA) is 76.0 Å². The third-order valence-corrected chi connectivity index (χ3v) is 3.47. The second kappa shape index (κ2) is 5.78. The van der Waals surface area contributed by atoms with E-state index >= 15 is 0 Å². The van der Waals surface area contributed by atoms with E-state index in [9.17, 15) is 9.59 Å². The maximum atomic E-state index is 11.9. The first-order chi connectivity index (χ1) is 10.2. The molecule has 21 heavy (non-hydrogen) atoms. The number of nitrogens with one attached hydrogen (secondary N) is 2. The van der Waals surface area contributed by atoms with Crippen molar-refractivity contribution in [1.29, 1.82) is 0 Å². The molecule has 6 nitrogen and oxygen atoms in total. The Bertz CT molecular complexity index is 651. The molecule has 0 saturated carbocycles. The summed E-state index contributed by atoms with van der Waals surface area (Å²) in [7, 11) is 0. The number of rotatable bonds is 4. The van der Waals surface area contributed by atoms with Gasteiger partial charge in [-0.1, -0.05) is 18.2 Å². The van der Waals surface area contributed by atoms with Crippen molar-refractivity contribution in [2.45, 2.75) is 13.0 Å². The molecule has 108 valence electrons. The van der Waals surface area contributed by atoms with Gasteiger partial charge in [-0.25, -0.2) is 4.68 Å². The molecule has 2 heterocycles. The summed E-state index contributed by atoms with van der Waals surface area (Å²) in [5.74, 6) is -0.422. The Hall–Kier alpha value is -2.63. The molecule has 3 rings (SSSR count). The van der Waals surface area contributed by atoms with Gasteiger partial charge in [-0.15, -0.1) is 0 Å². The van der Waals surface area contributed by atoms with Crippen LogP contribution in [0.4, 0.5) is 0 Å². The van der Waals surface area contributed by atoms with Crippen molar-refractivity contribution in [2.24, 2.45) is 5.92 Å². The Kier molecular flexibility index (Phi) is 3.68. The Morgan fingerprint density at radius 2 is 2.19 bits per heavy atom. The largest absolute Gasteiger partial charge is 0.355 e. The van der Waals surface area contributed by atoms with E-state index in [1.807, 2.05) is 36.5 Å². The molecule has 2 N–H and O–H groups in total. The molecule has 0 spiro atoms. The van der Waals surface area contributed by atoms with Crippen molar-refractivity contribution in [3.8, 4) is 5.69 Å². The number of aromatic nitrogens is 2. The minimum atomic E-state index is -0.262. The van der Waals surface area contributed by atoms with Crippen molar-refractivity contribution in [2.75, 3.05) is 6.54 Å². The van der Waals surface area contributed by atoms with E-state index in [1.165, 1.54) is 0 Å². The molecule has 1 aromatic heterocycles. The van der Waals surface area contributed by atoms with Crippen LogP contribution in [0.2, 0.25) is 0 Å². The van der Waals surface area contributed by atoms with Crippen molar-refractivity contribution >= 4 is 11.8 Å². The fourth-order valence-corrected chi connectivity index (χ4v) is 2.30. The van der Waals surface area contributed by atoms with Crippen LogP contribution < -0.4 is 10.6 Å². The molecule has 6 heteroatoms. The van der Waals surface area contributed by atoms with Crippen molar-refractivity contribution in [3.05, 3.63) is 48.3 Å². The van der Waals surface area contributed by atoms with Gasteiger partial charge in [-0.3, -0.25) is 9.59 Å². The first-order valence-electron chi connectivity index (χ1n) is 6.86. The fraction of sp³-hybridized carbons (Fsp3) is 0.267. The highest BCUT2D eigenvalue weighted by Crippen LogP contribution is 2.10. The van der Waals surface area contributed by atoms with E-state index in [1.54, 1.807) is 10.9 Å². The van der Waals surface area contributed by atoms with Gasteiger partial charge >= 0.3 is 0 Å². The Balaban J connectivity index is 1.58. The first kappa shape index (κ1) is 13.4. The van der Waals surface area contributed by atoms with E-state index in [0.717, 1.165) is 11.3 Å². The lowest BCUT2D eigenvalue weighted by atomic mass is 10.1. The lowest BCUT2D eigenvalue weighted by Crippen LogP contribution is -2.31.